The summed E-state index contributed by atoms with van der Waals surface area (Å²) in [7, 11) is 4.03. The van der Waals surface area contributed by atoms with Gasteiger partial charge in [-0.25, -0.2) is 4.39 Å². The molecule has 0 aliphatic carbocycles. The first-order valence-electron chi connectivity index (χ1n) is 6.37. The molecule has 8 heteroatoms. The summed E-state index contributed by atoms with van der Waals surface area (Å²) in [4.78, 5) is 24.3. The SMILES string of the molecule is COc1c(C)c(C(=O)N(C)C)c(CC(N)C(=O)O)c(F)c1F. The lowest BCUT2D eigenvalue weighted by Crippen LogP contribution is -2.34. The molecule has 0 aliphatic rings. The number of hydrogen-bond acceptors (Lipinski definition) is 4. The number of methoxy groups -OCH3 is 1. The van der Waals surface area contributed by atoms with Crippen LogP contribution in [0.5, 0.6) is 5.75 Å². The Bertz CT molecular complexity index is 618. The van der Waals surface area contributed by atoms with Gasteiger partial charge in [-0.05, 0) is 6.92 Å². The van der Waals surface area contributed by atoms with Gasteiger partial charge in [0.15, 0.2) is 11.6 Å². The van der Waals surface area contributed by atoms with E-state index in [4.69, 9.17) is 15.6 Å². The first kappa shape index (κ1) is 17.8. The number of amides is 1. The fourth-order valence-electron chi connectivity index (χ4n) is 2.10. The van der Waals surface area contributed by atoms with E-state index in [0.717, 1.165) is 7.11 Å². The lowest BCUT2D eigenvalue weighted by molar-refractivity contribution is -0.138. The van der Waals surface area contributed by atoms with E-state index >= 15 is 0 Å². The van der Waals surface area contributed by atoms with Gasteiger partial charge in [-0.15, -0.1) is 0 Å². The van der Waals surface area contributed by atoms with Crippen LogP contribution in [0.3, 0.4) is 0 Å². The Kier molecular flexibility index (Phi) is 5.43. The van der Waals surface area contributed by atoms with Crippen LogP contribution >= 0.6 is 0 Å². The second-order valence-electron chi connectivity index (χ2n) is 4.99. The Labute approximate surface area is 126 Å². The minimum absolute atomic E-state index is 0.0905. The summed E-state index contributed by atoms with van der Waals surface area (Å²) >= 11 is 0. The number of carboxylic acid groups (broad SMARTS) is 1. The minimum Gasteiger partial charge on any atom is -0.493 e. The van der Waals surface area contributed by atoms with E-state index in [1.165, 1.54) is 25.9 Å². The van der Waals surface area contributed by atoms with Crippen LogP contribution in [0.1, 0.15) is 21.5 Å². The average Bonchev–Trinajstić information content (AvgIpc) is 2.44. The van der Waals surface area contributed by atoms with Crippen molar-refractivity contribution in [2.24, 2.45) is 5.73 Å². The molecule has 6 nitrogen and oxygen atoms in total. The molecule has 3 N–H and O–H groups in total. The summed E-state index contributed by atoms with van der Waals surface area (Å²) in [5.74, 6) is -4.97. The summed E-state index contributed by atoms with van der Waals surface area (Å²) in [6.45, 7) is 1.40. The van der Waals surface area contributed by atoms with Gasteiger partial charge in [0, 0.05) is 31.6 Å². The zero-order valence-corrected chi connectivity index (χ0v) is 12.7. The Hall–Kier alpha value is -2.22. The van der Waals surface area contributed by atoms with Crippen molar-refractivity contribution in [2.75, 3.05) is 21.2 Å². The highest BCUT2D eigenvalue weighted by molar-refractivity contribution is 5.98. The lowest BCUT2D eigenvalue weighted by atomic mass is 9.94. The Morgan fingerprint density at radius 3 is 2.27 bits per heavy atom. The molecule has 0 spiro atoms. The Morgan fingerprint density at radius 2 is 1.86 bits per heavy atom. The fourth-order valence-corrected chi connectivity index (χ4v) is 2.10. The molecule has 1 rings (SSSR count). The van der Waals surface area contributed by atoms with Crippen molar-refractivity contribution >= 4 is 11.9 Å². The number of ether oxygens (including phenoxy) is 1. The van der Waals surface area contributed by atoms with Crippen LogP contribution in [0.25, 0.3) is 0 Å². The smallest absolute Gasteiger partial charge is 0.320 e. The fraction of sp³-hybridized carbons (Fsp3) is 0.429. The number of halogens is 2. The molecular formula is C14H18F2N2O4. The Balaban J connectivity index is 3.65. The summed E-state index contributed by atoms with van der Waals surface area (Å²) in [5, 5.41) is 8.85. The van der Waals surface area contributed by atoms with Crippen LogP contribution in [0.4, 0.5) is 8.78 Å². The molecule has 1 aromatic carbocycles. The minimum atomic E-state index is -1.46. The van der Waals surface area contributed by atoms with E-state index in [1.807, 2.05) is 0 Å². The largest absolute Gasteiger partial charge is 0.493 e. The molecule has 0 saturated carbocycles. The normalized spacial score (nSPS) is 12.0. The average molecular weight is 316 g/mol. The number of aliphatic carboxylic acids is 1. The number of nitrogens with two attached hydrogens (primary N) is 1. The van der Waals surface area contributed by atoms with Gasteiger partial charge in [0.1, 0.15) is 6.04 Å². The van der Waals surface area contributed by atoms with Gasteiger partial charge in [-0.1, -0.05) is 0 Å². The highest BCUT2D eigenvalue weighted by Crippen LogP contribution is 2.32. The number of carbonyl (C=O) groups excluding carboxylic acids is 1. The van der Waals surface area contributed by atoms with Gasteiger partial charge in [-0.2, -0.15) is 4.39 Å². The van der Waals surface area contributed by atoms with Gasteiger partial charge in [-0.3, -0.25) is 9.59 Å². The van der Waals surface area contributed by atoms with Crippen LogP contribution in [0.2, 0.25) is 0 Å². The quantitative estimate of drug-likeness (QED) is 0.843. The summed E-state index contributed by atoms with van der Waals surface area (Å²) in [6.07, 6.45) is -0.516. The third kappa shape index (κ3) is 3.16. The molecule has 0 heterocycles. The molecular weight excluding hydrogens is 298 g/mol. The highest BCUT2D eigenvalue weighted by Gasteiger charge is 2.29. The molecule has 0 bridgehead atoms. The highest BCUT2D eigenvalue weighted by atomic mass is 19.2. The third-order valence-electron chi connectivity index (χ3n) is 3.24. The van der Waals surface area contributed by atoms with E-state index < -0.39 is 41.7 Å². The molecule has 1 aromatic rings. The van der Waals surface area contributed by atoms with Crippen molar-refractivity contribution in [1.82, 2.24) is 4.90 Å². The standard InChI is InChI=1S/C14H18F2N2O4/c1-6-9(13(19)18(2)3)7(5-8(17)14(20)21)10(15)11(16)12(6)22-4/h8H,5,17H2,1-4H3,(H,20,21). The zero-order valence-electron chi connectivity index (χ0n) is 12.7. The van der Waals surface area contributed by atoms with E-state index in [0.29, 0.717) is 0 Å². The number of nitrogens with zero attached hydrogens (tertiary/aromatic N) is 1. The first-order chi connectivity index (χ1) is 10.1. The van der Waals surface area contributed by atoms with Gasteiger partial charge in [0.05, 0.1) is 12.7 Å². The van der Waals surface area contributed by atoms with Gasteiger partial charge < -0.3 is 20.5 Å². The molecule has 1 atom stereocenters. The van der Waals surface area contributed by atoms with Crippen LogP contribution < -0.4 is 10.5 Å². The van der Waals surface area contributed by atoms with Crippen LogP contribution in [0, 0.1) is 18.6 Å². The van der Waals surface area contributed by atoms with Crippen LogP contribution in [0.15, 0.2) is 0 Å². The molecule has 0 radical (unpaired) electrons. The molecule has 122 valence electrons. The van der Waals surface area contributed by atoms with E-state index in [1.54, 1.807) is 0 Å². The summed E-state index contributed by atoms with van der Waals surface area (Å²) in [5.41, 5.74) is 4.97. The van der Waals surface area contributed by atoms with Crippen molar-refractivity contribution in [3.63, 3.8) is 0 Å². The van der Waals surface area contributed by atoms with Crippen molar-refractivity contribution in [3.8, 4) is 5.75 Å². The van der Waals surface area contributed by atoms with E-state index in [-0.39, 0.29) is 16.7 Å². The van der Waals surface area contributed by atoms with Crippen molar-refractivity contribution in [1.29, 1.82) is 0 Å². The molecule has 1 unspecified atom stereocenters. The number of carboxylic acids is 1. The molecule has 0 aliphatic heterocycles. The number of hydrogen-bond donors (Lipinski definition) is 2. The third-order valence-corrected chi connectivity index (χ3v) is 3.24. The maximum Gasteiger partial charge on any atom is 0.320 e. The lowest BCUT2D eigenvalue weighted by Gasteiger charge is -2.20. The zero-order chi connectivity index (χ0) is 17.2. The van der Waals surface area contributed by atoms with Gasteiger partial charge in [0.2, 0.25) is 5.82 Å². The van der Waals surface area contributed by atoms with E-state index in [9.17, 15) is 18.4 Å². The number of rotatable bonds is 5. The van der Waals surface area contributed by atoms with Gasteiger partial charge in [0.25, 0.3) is 5.91 Å². The Morgan fingerprint density at radius 1 is 1.32 bits per heavy atom. The predicted molar refractivity (Wildman–Crippen MR) is 75.0 cm³/mol. The van der Waals surface area contributed by atoms with Crippen molar-refractivity contribution in [2.45, 2.75) is 19.4 Å². The number of carbonyl (C=O) groups is 2. The van der Waals surface area contributed by atoms with Crippen molar-refractivity contribution in [3.05, 3.63) is 28.3 Å². The maximum absolute atomic E-state index is 14.3. The summed E-state index contributed by atoms with van der Waals surface area (Å²) in [6, 6.07) is -1.46. The van der Waals surface area contributed by atoms with Crippen molar-refractivity contribution < 1.29 is 28.2 Å². The first-order valence-corrected chi connectivity index (χ1v) is 6.37. The van der Waals surface area contributed by atoms with E-state index in [2.05, 4.69) is 0 Å². The second-order valence-corrected chi connectivity index (χ2v) is 4.99. The number of benzene rings is 1. The summed E-state index contributed by atoms with van der Waals surface area (Å²) < 4.78 is 33.1. The molecule has 0 aromatic heterocycles. The second kappa shape index (κ2) is 6.69. The van der Waals surface area contributed by atoms with Crippen LogP contribution in [-0.4, -0.2) is 49.1 Å². The predicted octanol–water partition coefficient (Wildman–Crippen LogP) is 0.938. The monoisotopic (exact) mass is 316 g/mol. The molecule has 0 saturated heterocycles. The molecule has 1 amide bonds. The van der Waals surface area contributed by atoms with Crippen LogP contribution in [-0.2, 0) is 11.2 Å². The molecule has 0 fully saturated rings. The maximum atomic E-state index is 14.3. The topological polar surface area (TPSA) is 92.9 Å². The van der Waals surface area contributed by atoms with Gasteiger partial charge >= 0.3 is 5.97 Å². The molecule has 22 heavy (non-hydrogen) atoms.